The third kappa shape index (κ3) is 31.1. The predicted octanol–water partition coefficient (Wildman–Crippen LogP) is 7.47. The minimum absolute atomic E-state index is 0. The smallest absolute Gasteiger partial charge is 1.00 e. The number of carbonyl (C=O) groups excluding carboxylic acids is 2. The summed E-state index contributed by atoms with van der Waals surface area (Å²) in [6.07, 6.45) is 17.7. The van der Waals surface area contributed by atoms with Crippen LogP contribution in [0.4, 0.5) is 19.0 Å². The summed E-state index contributed by atoms with van der Waals surface area (Å²) in [5.41, 5.74) is 2.88. The number of hydrogen-bond acceptors (Lipinski definition) is 26. The first-order valence-corrected chi connectivity index (χ1v) is 40.5. The van der Waals surface area contributed by atoms with E-state index in [1.165, 1.54) is 12.3 Å². The van der Waals surface area contributed by atoms with Gasteiger partial charge in [0.05, 0.1) is 29.7 Å². The fourth-order valence-electron chi connectivity index (χ4n) is 11.9. The number of aromatic amines is 2. The quantitative estimate of drug-likeness (QED) is 0.0210. The molecule has 29 nitrogen and oxygen atoms in total. The number of nitrogens with zero attached hydrogens (tertiary/aromatic N) is 15. The largest absolute Gasteiger partial charge is 1.00 e. The average molecular weight is 1700 g/mol. The molecule has 1 amide bonds. The van der Waals surface area contributed by atoms with Crippen molar-refractivity contribution in [3.8, 4) is 69.2 Å². The molecule has 0 saturated heterocycles. The number of pyridine rings is 4. The van der Waals surface area contributed by atoms with Crippen LogP contribution in [-0.4, -0.2) is 238 Å². The maximum Gasteiger partial charge on any atom is 1.00 e. The number of fused-ring (bicyclic) bond motifs is 4. The average Bonchev–Trinajstić information content (AvgIpc) is 1.60. The summed E-state index contributed by atoms with van der Waals surface area (Å²) in [6, 6.07) is 13.9. The van der Waals surface area contributed by atoms with Gasteiger partial charge in [-0.2, -0.15) is 26.6 Å². The Bertz CT molecular complexity index is 4770. The minimum atomic E-state index is -5.84. The van der Waals surface area contributed by atoms with E-state index in [2.05, 4.69) is 83.0 Å². The summed E-state index contributed by atoms with van der Waals surface area (Å²) >= 11 is 5.89. The summed E-state index contributed by atoms with van der Waals surface area (Å²) in [5, 5.41) is 11.6. The van der Waals surface area contributed by atoms with Gasteiger partial charge < -0.3 is 64.7 Å². The number of halogens is 5. The molecule has 0 spiro atoms. The Balaban J connectivity index is 0.000000313. The van der Waals surface area contributed by atoms with E-state index in [1.54, 1.807) is 36.8 Å². The molecule has 636 valence electrons. The summed E-state index contributed by atoms with van der Waals surface area (Å²) in [6.45, 7) is 19.0. The first kappa shape index (κ1) is 99.3. The van der Waals surface area contributed by atoms with E-state index in [-0.39, 0.29) is 108 Å². The van der Waals surface area contributed by atoms with E-state index in [0.29, 0.717) is 109 Å². The van der Waals surface area contributed by atoms with E-state index in [4.69, 9.17) is 40.9 Å². The van der Waals surface area contributed by atoms with E-state index >= 15 is 0 Å². The molecule has 0 saturated carbocycles. The Labute approximate surface area is 719 Å². The van der Waals surface area contributed by atoms with Gasteiger partial charge in [-0.05, 0) is 197 Å². The van der Waals surface area contributed by atoms with Crippen molar-refractivity contribution in [2.45, 2.75) is 156 Å². The Morgan fingerprint density at radius 2 is 0.957 bits per heavy atom. The Morgan fingerprint density at radius 1 is 0.564 bits per heavy atom. The third-order valence-electron chi connectivity index (χ3n) is 18.5. The second-order valence-corrected chi connectivity index (χ2v) is 31.9. The van der Waals surface area contributed by atoms with Crippen molar-refractivity contribution >= 4 is 51.6 Å². The van der Waals surface area contributed by atoms with Crippen molar-refractivity contribution in [3.05, 3.63) is 144 Å². The minimum Gasteiger partial charge on any atom is -1.00 e. The summed E-state index contributed by atoms with van der Waals surface area (Å²) in [7, 11) is 11.8. The molecule has 8 aromatic rings. The topological polar surface area (TPSA) is 348 Å². The first-order valence-electron chi connectivity index (χ1n) is 38.7. The maximum atomic E-state index is 12.7. The molecule has 0 aromatic carbocycles. The van der Waals surface area contributed by atoms with Crippen LogP contribution in [-0.2, 0) is 71.1 Å². The molecule has 8 heterocycles. The number of aryl methyl sites for hydroxylation is 4. The molecule has 2 atom stereocenters. The molecule has 0 aliphatic heterocycles. The Kier molecular flexibility index (Phi) is 40.9. The number of hydrogen-bond donors (Lipinski definition) is 4. The van der Waals surface area contributed by atoms with Crippen LogP contribution in [0.15, 0.2) is 82.9 Å². The fraction of sp³-hybridized carbons (Fsp3) is 0.531. The molecular formula is C81H114Cl2F3N18NaO11S. The zero-order chi connectivity index (χ0) is 84.3. The van der Waals surface area contributed by atoms with Gasteiger partial charge in [0.2, 0.25) is 11.8 Å². The number of aliphatic hydroxyl groups excluding tert-OH is 1. The van der Waals surface area contributed by atoms with Gasteiger partial charge in [-0.3, -0.25) is 39.1 Å². The number of aliphatic hydroxyl groups is 1. The van der Waals surface area contributed by atoms with E-state index in [1.807, 2.05) is 137 Å². The number of carbonyl (C=O) groups is 2. The molecule has 4 aliphatic rings. The Morgan fingerprint density at radius 3 is 1.36 bits per heavy atom. The van der Waals surface area contributed by atoms with Gasteiger partial charge in [-0.15, -0.1) is 12.4 Å². The Hall–Kier alpha value is -8.22. The van der Waals surface area contributed by atoms with Crippen LogP contribution in [0.1, 0.15) is 133 Å². The molecular weight excluding hydrogens is 1580 g/mol. The van der Waals surface area contributed by atoms with Crippen LogP contribution in [0.5, 0.6) is 23.1 Å². The van der Waals surface area contributed by atoms with E-state index in [9.17, 15) is 40.8 Å². The monoisotopic (exact) mass is 1700 g/mol. The second-order valence-electron chi connectivity index (χ2n) is 29.9. The molecule has 0 unspecified atom stereocenters. The number of H-pyrrole nitrogens is 2. The number of nitrogens with one attached hydrogen (secondary N) is 3. The zero-order valence-corrected chi connectivity index (χ0v) is 74.7. The van der Waals surface area contributed by atoms with Crippen molar-refractivity contribution in [2.75, 3.05) is 121 Å². The first-order chi connectivity index (χ1) is 54.5. The van der Waals surface area contributed by atoms with Crippen molar-refractivity contribution in [1.82, 2.24) is 84.7 Å². The van der Waals surface area contributed by atoms with Gasteiger partial charge in [0.25, 0.3) is 11.1 Å². The van der Waals surface area contributed by atoms with Crippen molar-refractivity contribution in [3.63, 3.8) is 0 Å². The molecule has 0 bridgehead atoms. The van der Waals surface area contributed by atoms with Crippen LogP contribution in [0.25, 0.3) is 46.1 Å². The predicted molar refractivity (Wildman–Crippen MR) is 447 cm³/mol. The van der Waals surface area contributed by atoms with Gasteiger partial charge in [-0.1, -0.05) is 39.3 Å². The molecule has 12 rings (SSSR count). The maximum absolute atomic E-state index is 12.7. The number of alkyl halides is 3. The molecule has 117 heavy (non-hydrogen) atoms. The van der Waals surface area contributed by atoms with Crippen LogP contribution >= 0.6 is 24.0 Å². The number of ether oxygens (including phenoxy) is 3. The molecule has 4 N–H and O–H groups in total. The van der Waals surface area contributed by atoms with Crippen molar-refractivity contribution in [2.24, 2.45) is 11.8 Å². The molecule has 36 heteroatoms. The van der Waals surface area contributed by atoms with Gasteiger partial charge in [0.15, 0.2) is 29.1 Å². The molecule has 0 fully saturated rings. The molecule has 4 aliphatic carbocycles. The third-order valence-corrected chi connectivity index (χ3v) is 19.7. The van der Waals surface area contributed by atoms with Gasteiger partial charge in [0, 0.05) is 128 Å². The van der Waals surface area contributed by atoms with Gasteiger partial charge >= 0.3 is 45.2 Å². The van der Waals surface area contributed by atoms with Crippen molar-refractivity contribution < 1.29 is 85.7 Å². The molecule has 8 aromatic heterocycles. The number of amides is 1. The number of ketones is 1. The number of anilines is 1. The van der Waals surface area contributed by atoms with Gasteiger partial charge in [0.1, 0.15) is 65.7 Å². The van der Waals surface area contributed by atoms with E-state index < -0.39 is 21.5 Å². The van der Waals surface area contributed by atoms with Crippen LogP contribution in [0, 0.1) is 11.8 Å². The van der Waals surface area contributed by atoms with Crippen LogP contribution in [0.2, 0.25) is 5.02 Å². The normalized spacial score (nSPS) is 13.4. The summed E-state index contributed by atoms with van der Waals surface area (Å²) in [5.74, 6) is 4.67. The summed E-state index contributed by atoms with van der Waals surface area (Å²) in [4.78, 5) is 107. The number of rotatable bonds is 28. The van der Waals surface area contributed by atoms with Crippen LogP contribution in [0.3, 0.4) is 0 Å². The van der Waals surface area contributed by atoms with Crippen molar-refractivity contribution in [1.29, 1.82) is 0 Å². The molecule has 0 radical (unpaired) electrons. The fourth-order valence-corrected chi connectivity index (χ4v) is 12.5. The van der Waals surface area contributed by atoms with Crippen LogP contribution < -0.4 is 69.3 Å². The number of likely N-dealkylation sites (N-methyl/N-ethyl adjacent to an activating group) is 5. The summed E-state index contributed by atoms with van der Waals surface area (Å²) < 4.78 is 82.6. The number of Topliss-reactive ketones (excluding diaryl/α,β-unsaturated/α-hetero) is 1. The standard InChI is InChI=1S/C24H35N5O2.C17H19F3N4O4S.C16H20N4O2.C12H10ClN3O.C8H17NO.C4H11NO.ClH.Na.H/c1-16(2)14-22(30)17(3)29(6)24-19-8-7-9-20(19)26-23(27-24)21-15-18(10-11-25-21)31-13-12-28(4)5;1-24(2)8-9-27-11-6-7-21-14(10-11)15-22-13-5-3-4-12(13)16(23-15)28-29(25,26)17(18,19)20;1-20(2)8-9-22-11-6-7-17-14(10-11)15-18-13-5-3-4-12(13)16(21)19-15;13-7-4-5-14-10(6-7)11-15-9-3-1-2-8(9)12(17)16-11;1-5-7(4)8(10)9-6(2)3;1-5(2)3-4-6;;;/h10-11,15-17H,7-9,12-14H2,1-6H3;6-7,10H,3-5,8-9H2,1-2H3;6-7,10H,3-5,8-9H2,1-2H3,(H,18,19,21);4-6H,1-3H2,(H,15,16,17);6-7H,5H2,1-4H3,(H,9,10);6H,3-4H2,1-2H3;1H;;/q;;;;;;;+1;-1/t17-;;;;7-;;;;/m1...0..../s1. The van der Waals surface area contributed by atoms with Gasteiger partial charge in [-0.25, -0.2) is 24.9 Å². The van der Waals surface area contributed by atoms with E-state index in [0.717, 1.165) is 135 Å². The zero-order valence-electron chi connectivity index (χ0n) is 71.4. The second kappa shape index (κ2) is 48.1. The number of aromatic nitrogens is 12. The SMILES string of the molecule is CC(C)CC(=O)[C@@H](C)N(C)c1nc(-c2cc(OCCN(C)C)ccn2)nc2c1CCC2.CC[C@H](C)C(=O)NC(C)C.CN(C)CCO.CN(C)CCOc1ccnc(-c2nc3c(c(=O)[nH]2)CCC3)c1.CN(C)CCOc1ccnc(-c2nc3c(c(OS(=O)(=O)C(F)(F)F)n2)CCC3)c1.Cl.O=c1[nH]c(-c2cc(Cl)ccn2)nc2c1CCC2.[H-].[Na+].